The maximum absolute atomic E-state index is 12.1. The predicted octanol–water partition coefficient (Wildman–Crippen LogP) is 2.93. The van der Waals surface area contributed by atoms with Crippen LogP contribution in [0.3, 0.4) is 0 Å². The number of halogens is 1. The molecule has 0 bridgehead atoms. The number of ether oxygens (including phenoxy) is 2. The average molecular weight is 255 g/mol. The molecular weight excluding hydrogens is 233 g/mol. The van der Waals surface area contributed by atoms with Crippen LogP contribution in [-0.2, 0) is 6.54 Å². The van der Waals surface area contributed by atoms with Crippen molar-refractivity contribution < 1.29 is 13.9 Å². The fourth-order valence-corrected chi connectivity index (χ4v) is 1.60. The van der Waals surface area contributed by atoms with Crippen molar-refractivity contribution in [2.75, 3.05) is 26.9 Å². The zero-order chi connectivity index (χ0) is 13.2. The van der Waals surface area contributed by atoms with Gasteiger partial charge in [-0.05, 0) is 31.2 Å². The fourth-order valence-electron chi connectivity index (χ4n) is 1.60. The van der Waals surface area contributed by atoms with E-state index in [0.717, 1.165) is 36.6 Å². The van der Waals surface area contributed by atoms with E-state index >= 15 is 0 Å². The molecule has 0 aliphatic heterocycles. The first-order valence-electron chi connectivity index (χ1n) is 6.38. The Hall–Kier alpha value is -1.29. The van der Waals surface area contributed by atoms with Gasteiger partial charge in [-0.1, -0.05) is 6.92 Å². The van der Waals surface area contributed by atoms with Crippen molar-refractivity contribution in [1.82, 2.24) is 5.32 Å². The van der Waals surface area contributed by atoms with Crippen LogP contribution in [0.25, 0.3) is 0 Å². The van der Waals surface area contributed by atoms with E-state index in [4.69, 9.17) is 9.47 Å². The molecule has 0 aliphatic carbocycles. The van der Waals surface area contributed by atoms with Crippen LogP contribution in [0.15, 0.2) is 18.2 Å². The van der Waals surface area contributed by atoms with Crippen LogP contribution >= 0.6 is 0 Å². The summed E-state index contributed by atoms with van der Waals surface area (Å²) in [6.07, 6.45) is 1.51. The molecule has 1 rings (SSSR count). The summed E-state index contributed by atoms with van der Waals surface area (Å²) in [6, 6.07) is 5.68. The maximum atomic E-state index is 12.1. The number of nitrogens with one attached hydrogen (secondary N) is 1. The third-order valence-electron chi connectivity index (χ3n) is 2.55. The van der Waals surface area contributed by atoms with Crippen LogP contribution in [0.1, 0.15) is 25.3 Å². The Morgan fingerprint density at radius 2 is 2.17 bits per heavy atom. The summed E-state index contributed by atoms with van der Waals surface area (Å²) in [4.78, 5) is 0. The fraction of sp³-hybridized carbons (Fsp3) is 0.571. The summed E-state index contributed by atoms with van der Waals surface area (Å²) in [5.41, 5.74) is 1.04. The minimum atomic E-state index is -0.348. The first-order valence-corrected chi connectivity index (χ1v) is 6.38. The lowest BCUT2D eigenvalue weighted by molar-refractivity contribution is 0.286. The zero-order valence-corrected chi connectivity index (χ0v) is 11.2. The molecule has 102 valence electrons. The van der Waals surface area contributed by atoms with Crippen molar-refractivity contribution in [2.45, 2.75) is 26.3 Å². The molecule has 0 amide bonds. The molecule has 0 aromatic heterocycles. The Bertz CT molecular complexity index is 345. The number of alkyl halides is 1. The molecule has 1 aromatic carbocycles. The van der Waals surface area contributed by atoms with E-state index in [2.05, 4.69) is 12.2 Å². The van der Waals surface area contributed by atoms with Crippen molar-refractivity contribution in [3.63, 3.8) is 0 Å². The predicted molar refractivity (Wildman–Crippen MR) is 71.1 cm³/mol. The van der Waals surface area contributed by atoms with Gasteiger partial charge in [0.2, 0.25) is 0 Å². The molecule has 0 aliphatic rings. The van der Waals surface area contributed by atoms with Crippen LogP contribution in [0.2, 0.25) is 0 Å². The van der Waals surface area contributed by atoms with E-state index in [1.807, 2.05) is 18.2 Å². The van der Waals surface area contributed by atoms with Gasteiger partial charge in [-0.3, -0.25) is 4.39 Å². The smallest absolute Gasteiger partial charge is 0.124 e. The van der Waals surface area contributed by atoms with Crippen molar-refractivity contribution in [1.29, 1.82) is 0 Å². The second-order valence-corrected chi connectivity index (χ2v) is 4.04. The van der Waals surface area contributed by atoms with Crippen LogP contribution in [0.5, 0.6) is 11.5 Å². The van der Waals surface area contributed by atoms with Crippen molar-refractivity contribution in [3.05, 3.63) is 23.8 Å². The minimum absolute atomic E-state index is 0.348. The molecule has 4 heteroatoms. The molecule has 1 N–H and O–H groups in total. The summed E-state index contributed by atoms with van der Waals surface area (Å²) in [5, 5.41) is 3.32. The van der Waals surface area contributed by atoms with Gasteiger partial charge in [0.15, 0.2) is 0 Å². The summed E-state index contributed by atoms with van der Waals surface area (Å²) < 4.78 is 22.8. The lowest BCUT2D eigenvalue weighted by Gasteiger charge is -2.13. The van der Waals surface area contributed by atoms with E-state index in [-0.39, 0.29) is 6.67 Å². The highest BCUT2D eigenvalue weighted by Gasteiger charge is 2.05. The van der Waals surface area contributed by atoms with Crippen LogP contribution < -0.4 is 14.8 Å². The van der Waals surface area contributed by atoms with E-state index in [1.54, 1.807) is 7.11 Å². The van der Waals surface area contributed by atoms with Gasteiger partial charge in [0.05, 0.1) is 20.4 Å². The first-order chi connectivity index (χ1) is 8.81. The molecule has 1 aromatic rings. The Balaban J connectivity index is 2.66. The normalized spacial score (nSPS) is 10.4. The summed E-state index contributed by atoms with van der Waals surface area (Å²) in [7, 11) is 1.64. The lowest BCUT2D eigenvalue weighted by Crippen LogP contribution is -2.15. The number of benzene rings is 1. The Kier molecular flexibility index (Phi) is 7.18. The van der Waals surface area contributed by atoms with Gasteiger partial charge < -0.3 is 14.8 Å². The monoisotopic (exact) mass is 255 g/mol. The molecule has 0 fully saturated rings. The van der Waals surface area contributed by atoms with Gasteiger partial charge in [0.25, 0.3) is 0 Å². The zero-order valence-electron chi connectivity index (χ0n) is 11.2. The van der Waals surface area contributed by atoms with E-state index in [9.17, 15) is 4.39 Å². The average Bonchev–Trinajstić information content (AvgIpc) is 2.40. The third-order valence-corrected chi connectivity index (χ3v) is 2.55. The second-order valence-electron chi connectivity index (χ2n) is 4.04. The highest BCUT2D eigenvalue weighted by molar-refractivity contribution is 5.40. The topological polar surface area (TPSA) is 30.5 Å². The standard InChI is InChI=1S/C14H22FNO2/c1-3-8-16-11-12-10-13(17-2)5-6-14(12)18-9-4-7-15/h5-6,10,16H,3-4,7-9,11H2,1-2H3. The Morgan fingerprint density at radius 3 is 2.83 bits per heavy atom. The molecule has 0 saturated heterocycles. The second kappa shape index (κ2) is 8.75. The quantitative estimate of drug-likeness (QED) is 0.688. The van der Waals surface area contributed by atoms with Gasteiger partial charge in [-0.15, -0.1) is 0 Å². The number of rotatable bonds is 9. The van der Waals surface area contributed by atoms with Crippen LogP contribution in [0.4, 0.5) is 4.39 Å². The SMILES string of the molecule is CCCNCc1cc(OC)ccc1OCCCF. The van der Waals surface area contributed by atoms with E-state index in [0.29, 0.717) is 13.0 Å². The maximum Gasteiger partial charge on any atom is 0.124 e. The molecule has 0 radical (unpaired) electrons. The molecule has 0 atom stereocenters. The van der Waals surface area contributed by atoms with E-state index < -0.39 is 0 Å². The number of methoxy groups -OCH3 is 1. The summed E-state index contributed by atoms with van der Waals surface area (Å²) in [5.74, 6) is 1.61. The molecule has 0 unspecified atom stereocenters. The van der Waals surface area contributed by atoms with Gasteiger partial charge in [-0.25, -0.2) is 0 Å². The van der Waals surface area contributed by atoms with Gasteiger partial charge >= 0.3 is 0 Å². The molecular formula is C14H22FNO2. The van der Waals surface area contributed by atoms with Crippen molar-refractivity contribution in [2.24, 2.45) is 0 Å². The highest BCUT2D eigenvalue weighted by atomic mass is 19.1. The third kappa shape index (κ3) is 4.92. The van der Waals surface area contributed by atoms with Crippen LogP contribution in [0, 0.1) is 0 Å². The number of hydrogen-bond donors (Lipinski definition) is 1. The van der Waals surface area contributed by atoms with Gasteiger partial charge in [0.1, 0.15) is 11.5 Å². The Morgan fingerprint density at radius 1 is 1.33 bits per heavy atom. The van der Waals surface area contributed by atoms with Crippen molar-refractivity contribution in [3.8, 4) is 11.5 Å². The van der Waals surface area contributed by atoms with Gasteiger partial charge in [0, 0.05) is 18.5 Å². The number of hydrogen-bond acceptors (Lipinski definition) is 3. The lowest BCUT2D eigenvalue weighted by atomic mass is 10.2. The first kappa shape index (κ1) is 14.8. The van der Waals surface area contributed by atoms with Gasteiger partial charge in [-0.2, -0.15) is 0 Å². The minimum Gasteiger partial charge on any atom is -0.497 e. The van der Waals surface area contributed by atoms with E-state index in [1.165, 1.54) is 0 Å². The Labute approximate surface area is 108 Å². The van der Waals surface area contributed by atoms with Crippen molar-refractivity contribution >= 4 is 0 Å². The molecule has 0 saturated carbocycles. The largest absolute Gasteiger partial charge is 0.497 e. The summed E-state index contributed by atoms with van der Waals surface area (Å²) in [6.45, 7) is 3.87. The molecule has 18 heavy (non-hydrogen) atoms. The summed E-state index contributed by atoms with van der Waals surface area (Å²) >= 11 is 0. The van der Waals surface area contributed by atoms with Crippen LogP contribution in [-0.4, -0.2) is 26.9 Å². The molecule has 0 heterocycles. The molecule has 3 nitrogen and oxygen atoms in total. The highest BCUT2D eigenvalue weighted by Crippen LogP contribution is 2.24. The molecule has 0 spiro atoms.